The van der Waals surface area contributed by atoms with Crippen LogP contribution in [0.1, 0.15) is 44.8 Å². The number of nitrogens with one attached hydrogen (secondary N) is 1. The largest absolute Gasteiger partial charge is 0.493 e. The lowest BCUT2D eigenvalue weighted by atomic mass is 9.82. The predicted molar refractivity (Wildman–Crippen MR) is 76.9 cm³/mol. The second-order valence-electron chi connectivity index (χ2n) is 5.72. The molecule has 5 heteroatoms. The van der Waals surface area contributed by atoms with Gasteiger partial charge in [-0.05, 0) is 32.7 Å². The van der Waals surface area contributed by atoms with Crippen LogP contribution in [-0.2, 0) is 11.3 Å². The van der Waals surface area contributed by atoms with Crippen molar-refractivity contribution >= 4 is 0 Å². The minimum atomic E-state index is 0.271. The molecule has 2 bridgehead atoms. The van der Waals surface area contributed by atoms with Gasteiger partial charge in [0.25, 0.3) is 0 Å². The molecule has 0 spiro atoms. The molecule has 1 aromatic heterocycles. The molecule has 2 aliphatic rings. The van der Waals surface area contributed by atoms with Crippen LogP contribution in [-0.4, -0.2) is 35.6 Å². The molecule has 0 amide bonds. The fourth-order valence-corrected chi connectivity index (χ4v) is 3.80. The standard InChI is InChI=1S/C15H25N3O2/c1-4-16-14(11-8-10-6-7-12(11)20-10)15-13(19-3)9-17-18(15)5-2/h9-12,14,16H,4-8H2,1-3H3. The molecule has 112 valence electrons. The maximum absolute atomic E-state index is 6.05. The van der Waals surface area contributed by atoms with Crippen molar-refractivity contribution in [3.63, 3.8) is 0 Å². The Morgan fingerprint density at radius 3 is 2.90 bits per heavy atom. The average Bonchev–Trinajstić information content (AvgIpc) is 3.18. The van der Waals surface area contributed by atoms with Gasteiger partial charge in [0.1, 0.15) is 0 Å². The molecule has 20 heavy (non-hydrogen) atoms. The van der Waals surface area contributed by atoms with Crippen LogP contribution in [0.5, 0.6) is 5.75 Å². The van der Waals surface area contributed by atoms with E-state index >= 15 is 0 Å². The summed E-state index contributed by atoms with van der Waals surface area (Å²) in [5.74, 6) is 1.42. The Hall–Kier alpha value is -1.07. The van der Waals surface area contributed by atoms with Crippen LogP contribution < -0.4 is 10.1 Å². The van der Waals surface area contributed by atoms with Gasteiger partial charge in [-0.3, -0.25) is 4.68 Å². The van der Waals surface area contributed by atoms with Crippen molar-refractivity contribution in [2.75, 3.05) is 13.7 Å². The lowest BCUT2D eigenvalue weighted by Gasteiger charge is -2.30. The summed E-state index contributed by atoms with van der Waals surface area (Å²) in [5.41, 5.74) is 1.18. The van der Waals surface area contributed by atoms with Crippen LogP contribution in [0.25, 0.3) is 0 Å². The number of aromatic nitrogens is 2. The number of hydrogen-bond donors (Lipinski definition) is 1. The molecule has 4 unspecified atom stereocenters. The molecule has 4 atom stereocenters. The highest BCUT2D eigenvalue weighted by Gasteiger charge is 2.46. The Morgan fingerprint density at radius 1 is 1.50 bits per heavy atom. The van der Waals surface area contributed by atoms with Crippen LogP contribution >= 0.6 is 0 Å². The summed E-state index contributed by atoms with van der Waals surface area (Å²) in [4.78, 5) is 0. The van der Waals surface area contributed by atoms with Crippen molar-refractivity contribution in [1.82, 2.24) is 15.1 Å². The normalized spacial score (nSPS) is 29.9. The van der Waals surface area contributed by atoms with E-state index in [9.17, 15) is 0 Å². The van der Waals surface area contributed by atoms with E-state index in [1.165, 1.54) is 18.5 Å². The fraction of sp³-hybridized carbons (Fsp3) is 0.800. The highest BCUT2D eigenvalue weighted by atomic mass is 16.5. The minimum absolute atomic E-state index is 0.271. The first-order valence-corrected chi connectivity index (χ1v) is 7.77. The summed E-state index contributed by atoms with van der Waals surface area (Å²) >= 11 is 0. The fourth-order valence-electron chi connectivity index (χ4n) is 3.80. The molecular weight excluding hydrogens is 254 g/mol. The molecule has 2 saturated heterocycles. The first-order chi connectivity index (χ1) is 9.78. The third-order valence-electron chi connectivity index (χ3n) is 4.66. The molecule has 3 rings (SSSR count). The zero-order valence-electron chi connectivity index (χ0n) is 12.6. The summed E-state index contributed by atoms with van der Waals surface area (Å²) in [7, 11) is 1.72. The van der Waals surface area contributed by atoms with Crippen molar-refractivity contribution in [3.8, 4) is 5.75 Å². The number of fused-ring (bicyclic) bond motifs is 2. The number of ether oxygens (including phenoxy) is 2. The number of hydrogen-bond acceptors (Lipinski definition) is 4. The molecule has 3 heterocycles. The molecule has 2 fully saturated rings. The highest BCUT2D eigenvalue weighted by molar-refractivity contribution is 5.29. The Balaban J connectivity index is 1.92. The van der Waals surface area contributed by atoms with Gasteiger partial charge in [0, 0.05) is 12.5 Å². The molecule has 0 saturated carbocycles. The van der Waals surface area contributed by atoms with E-state index in [1.807, 2.05) is 6.20 Å². The monoisotopic (exact) mass is 279 g/mol. The average molecular weight is 279 g/mol. The van der Waals surface area contributed by atoms with Gasteiger partial charge in [-0.2, -0.15) is 5.10 Å². The van der Waals surface area contributed by atoms with Crippen LogP contribution in [0.15, 0.2) is 6.20 Å². The Kier molecular flexibility index (Phi) is 3.98. The van der Waals surface area contributed by atoms with Crippen LogP contribution in [0.3, 0.4) is 0 Å². The summed E-state index contributed by atoms with van der Waals surface area (Å²) in [5, 5.41) is 8.09. The van der Waals surface area contributed by atoms with E-state index in [0.29, 0.717) is 18.1 Å². The van der Waals surface area contributed by atoms with Gasteiger partial charge in [-0.1, -0.05) is 6.92 Å². The maximum atomic E-state index is 6.05. The zero-order chi connectivity index (χ0) is 14.1. The molecule has 5 nitrogen and oxygen atoms in total. The van der Waals surface area contributed by atoms with Gasteiger partial charge >= 0.3 is 0 Å². The maximum Gasteiger partial charge on any atom is 0.161 e. The Labute approximate surface area is 120 Å². The number of nitrogens with zero attached hydrogens (tertiary/aromatic N) is 2. The van der Waals surface area contributed by atoms with E-state index in [2.05, 4.69) is 28.9 Å². The van der Waals surface area contributed by atoms with Crippen molar-refractivity contribution in [1.29, 1.82) is 0 Å². The minimum Gasteiger partial charge on any atom is -0.493 e. The molecule has 0 radical (unpaired) electrons. The molecule has 2 aliphatic heterocycles. The zero-order valence-corrected chi connectivity index (χ0v) is 12.6. The van der Waals surface area contributed by atoms with Gasteiger partial charge in [-0.25, -0.2) is 0 Å². The van der Waals surface area contributed by atoms with Crippen molar-refractivity contribution < 1.29 is 9.47 Å². The summed E-state index contributed by atoms with van der Waals surface area (Å²) in [6.07, 6.45) is 6.27. The summed E-state index contributed by atoms with van der Waals surface area (Å²) in [6, 6.07) is 0.271. The van der Waals surface area contributed by atoms with Gasteiger partial charge < -0.3 is 14.8 Å². The second-order valence-corrected chi connectivity index (χ2v) is 5.72. The smallest absolute Gasteiger partial charge is 0.161 e. The van der Waals surface area contributed by atoms with Crippen LogP contribution in [0.2, 0.25) is 0 Å². The molecule has 0 aromatic carbocycles. The van der Waals surface area contributed by atoms with E-state index in [-0.39, 0.29) is 6.04 Å². The predicted octanol–water partition coefficient (Wildman–Crippen LogP) is 2.13. The quantitative estimate of drug-likeness (QED) is 0.866. The number of aryl methyl sites for hydroxylation is 1. The van der Waals surface area contributed by atoms with E-state index < -0.39 is 0 Å². The van der Waals surface area contributed by atoms with Crippen molar-refractivity contribution in [3.05, 3.63) is 11.9 Å². The first-order valence-electron chi connectivity index (χ1n) is 7.77. The SMILES string of the molecule is CCNC(c1c(OC)cnn1CC)C1CC2CCC1O2. The van der Waals surface area contributed by atoms with Crippen molar-refractivity contribution in [2.24, 2.45) is 5.92 Å². The highest BCUT2D eigenvalue weighted by Crippen LogP contribution is 2.46. The molecule has 0 aliphatic carbocycles. The van der Waals surface area contributed by atoms with E-state index in [4.69, 9.17) is 9.47 Å². The van der Waals surface area contributed by atoms with E-state index in [0.717, 1.165) is 25.3 Å². The van der Waals surface area contributed by atoms with Gasteiger partial charge in [0.15, 0.2) is 5.75 Å². The first kappa shape index (κ1) is 13.9. The topological polar surface area (TPSA) is 48.3 Å². The second kappa shape index (κ2) is 5.74. The third-order valence-corrected chi connectivity index (χ3v) is 4.66. The van der Waals surface area contributed by atoms with E-state index in [1.54, 1.807) is 7.11 Å². The Morgan fingerprint density at radius 2 is 2.35 bits per heavy atom. The molecule has 1 aromatic rings. The number of rotatable bonds is 6. The summed E-state index contributed by atoms with van der Waals surface area (Å²) < 4.78 is 13.6. The van der Waals surface area contributed by atoms with Gasteiger partial charge in [-0.15, -0.1) is 0 Å². The van der Waals surface area contributed by atoms with Crippen LogP contribution in [0.4, 0.5) is 0 Å². The van der Waals surface area contributed by atoms with Crippen molar-refractivity contribution in [2.45, 2.75) is 57.9 Å². The molecule has 1 N–H and O–H groups in total. The number of methoxy groups -OCH3 is 1. The van der Waals surface area contributed by atoms with Gasteiger partial charge in [0.05, 0.1) is 37.3 Å². The third kappa shape index (κ3) is 2.23. The lowest BCUT2D eigenvalue weighted by Crippen LogP contribution is -2.35. The molecular formula is C15H25N3O2. The lowest BCUT2D eigenvalue weighted by molar-refractivity contribution is 0.0848. The van der Waals surface area contributed by atoms with Crippen LogP contribution in [0, 0.1) is 5.92 Å². The summed E-state index contributed by atoms with van der Waals surface area (Å²) in [6.45, 7) is 6.08. The van der Waals surface area contributed by atoms with Gasteiger partial charge in [0.2, 0.25) is 0 Å². The Bertz CT molecular complexity index is 438.